The van der Waals surface area contributed by atoms with Crippen LogP contribution in [0.2, 0.25) is 0 Å². The minimum Gasteiger partial charge on any atom is -0.493 e. The van der Waals surface area contributed by atoms with E-state index in [1.54, 1.807) is 38.5 Å². The number of carbonyl (C=O) groups excluding carboxylic acids is 2. The van der Waals surface area contributed by atoms with Crippen LogP contribution in [0.5, 0.6) is 11.5 Å². The molecule has 1 aliphatic rings. The van der Waals surface area contributed by atoms with Crippen LogP contribution < -0.4 is 9.47 Å². The summed E-state index contributed by atoms with van der Waals surface area (Å²) in [5.74, 6) is 1.42. The zero-order chi connectivity index (χ0) is 20.1. The van der Waals surface area contributed by atoms with E-state index in [0.29, 0.717) is 29.3 Å². The molecule has 1 unspecified atom stereocenters. The fourth-order valence-electron chi connectivity index (χ4n) is 3.57. The molecule has 0 saturated carbocycles. The van der Waals surface area contributed by atoms with Crippen molar-refractivity contribution in [2.45, 2.75) is 12.8 Å². The van der Waals surface area contributed by atoms with Gasteiger partial charge in [0, 0.05) is 18.7 Å². The minimum absolute atomic E-state index is 0.00812. The Bertz CT molecular complexity index is 847. The molecule has 0 radical (unpaired) electrons. The smallest absolute Gasteiger partial charge is 0.337 e. The highest BCUT2D eigenvalue weighted by Gasteiger charge is 2.27. The number of carbonyl (C=O) groups is 2. The Balaban J connectivity index is 1.62. The average Bonchev–Trinajstić information content (AvgIpc) is 3.21. The fourth-order valence-corrected chi connectivity index (χ4v) is 3.57. The summed E-state index contributed by atoms with van der Waals surface area (Å²) in [6, 6.07) is 12.5. The Hall–Kier alpha value is -3.02. The van der Waals surface area contributed by atoms with Gasteiger partial charge in [-0.25, -0.2) is 4.79 Å². The molecule has 28 heavy (non-hydrogen) atoms. The van der Waals surface area contributed by atoms with Gasteiger partial charge in [-0.15, -0.1) is 0 Å². The van der Waals surface area contributed by atoms with E-state index in [-0.39, 0.29) is 5.91 Å². The van der Waals surface area contributed by atoms with Crippen molar-refractivity contribution < 1.29 is 23.8 Å². The van der Waals surface area contributed by atoms with Crippen LogP contribution in [0.4, 0.5) is 0 Å². The Morgan fingerprint density at radius 1 is 0.964 bits per heavy atom. The highest BCUT2D eigenvalue weighted by atomic mass is 16.5. The van der Waals surface area contributed by atoms with Crippen LogP contribution in [0.1, 0.15) is 32.7 Å². The topological polar surface area (TPSA) is 65.1 Å². The molecule has 0 aliphatic carbocycles. The molecule has 1 saturated heterocycles. The normalized spacial score (nSPS) is 16.0. The van der Waals surface area contributed by atoms with E-state index in [0.717, 1.165) is 25.1 Å². The molecule has 2 aromatic rings. The molecule has 6 heteroatoms. The number of ether oxygens (including phenoxy) is 3. The Morgan fingerprint density at radius 3 is 2.29 bits per heavy atom. The molecule has 148 valence electrons. The molecule has 2 aromatic carbocycles. The van der Waals surface area contributed by atoms with E-state index in [1.165, 1.54) is 12.7 Å². The first-order valence-corrected chi connectivity index (χ1v) is 9.24. The Morgan fingerprint density at radius 2 is 1.64 bits per heavy atom. The second-order valence-corrected chi connectivity index (χ2v) is 6.87. The van der Waals surface area contributed by atoms with Gasteiger partial charge in [-0.05, 0) is 60.7 Å². The maximum atomic E-state index is 12.8. The van der Waals surface area contributed by atoms with E-state index >= 15 is 0 Å². The largest absolute Gasteiger partial charge is 0.493 e. The standard InChI is InChI=1S/C22H25NO5/c1-26-19-9-4-15(13-20(19)27-2)12-16-10-11-23(14-16)21(24)17-5-7-18(8-6-17)22(25)28-3/h4-9,13,16H,10-12,14H2,1-3H3. The van der Waals surface area contributed by atoms with Crippen LogP contribution in [-0.2, 0) is 11.2 Å². The van der Waals surface area contributed by atoms with E-state index in [1.807, 2.05) is 23.1 Å². The molecule has 1 aliphatic heterocycles. The van der Waals surface area contributed by atoms with Gasteiger partial charge in [-0.2, -0.15) is 0 Å². The van der Waals surface area contributed by atoms with Gasteiger partial charge in [0.1, 0.15) is 0 Å². The first kappa shape index (κ1) is 19.7. The summed E-state index contributed by atoms with van der Waals surface area (Å²) in [6.45, 7) is 1.45. The average molecular weight is 383 g/mol. The van der Waals surface area contributed by atoms with Crippen molar-refractivity contribution in [1.29, 1.82) is 0 Å². The predicted octanol–water partition coefficient (Wildman–Crippen LogP) is 3.20. The lowest BCUT2D eigenvalue weighted by atomic mass is 9.98. The van der Waals surface area contributed by atoms with Crippen LogP contribution in [0.3, 0.4) is 0 Å². The number of methoxy groups -OCH3 is 3. The Kier molecular flexibility index (Phi) is 6.19. The molecule has 0 N–H and O–H groups in total. The maximum absolute atomic E-state index is 12.8. The number of esters is 1. The monoisotopic (exact) mass is 383 g/mol. The Labute approximate surface area is 165 Å². The predicted molar refractivity (Wildman–Crippen MR) is 105 cm³/mol. The van der Waals surface area contributed by atoms with Crippen molar-refractivity contribution >= 4 is 11.9 Å². The number of rotatable bonds is 6. The van der Waals surface area contributed by atoms with Gasteiger partial charge in [-0.3, -0.25) is 4.79 Å². The molecule has 0 bridgehead atoms. The lowest BCUT2D eigenvalue weighted by Gasteiger charge is -2.17. The molecular formula is C22H25NO5. The maximum Gasteiger partial charge on any atom is 0.337 e. The van der Waals surface area contributed by atoms with E-state index in [4.69, 9.17) is 9.47 Å². The zero-order valence-corrected chi connectivity index (χ0v) is 16.4. The van der Waals surface area contributed by atoms with Crippen molar-refractivity contribution in [3.05, 3.63) is 59.2 Å². The number of hydrogen-bond donors (Lipinski definition) is 0. The molecule has 1 fully saturated rings. The van der Waals surface area contributed by atoms with Crippen LogP contribution in [0, 0.1) is 5.92 Å². The minimum atomic E-state index is -0.407. The van der Waals surface area contributed by atoms with Gasteiger partial charge >= 0.3 is 5.97 Å². The molecule has 0 aromatic heterocycles. The fraction of sp³-hybridized carbons (Fsp3) is 0.364. The summed E-state index contributed by atoms with van der Waals surface area (Å²) >= 11 is 0. The van der Waals surface area contributed by atoms with E-state index in [2.05, 4.69) is 4.74 Å². The van der Waals surface area contributed by atoms with Gasteiger partial charge < -0.3 is 19.1 Å². The van der Waals surface area contributed by atoms with Gasteiger partial charge in [0.25, 0.3) is 5.91 Å². The third kappa shape index (κ3) is 4.27. The summed E-state index contributed by atoms with van der Waals surface area (Å²) < 4.78 is 15.3. The van der Waals surface area contributed by atoms with Crippen LogP contribution >= 0.6 is 0 Å². The lowest BCUT2D eigenvalue weighted by molar-refractivity contribution is 0.0600. The molecule has 6 nitrogen and oxygen atoms in total. The van der Waals surface area contributed by atoms with Crippen molar-refractivity contribution in [1.82, 2.24) is 4.90 Å². The second-order valence-electron chi connectivity index (χ2n) is 6.87. The molecule has 1 heterocycles. The van der Waals surface area contributed by atoms with Crippen LogP contribution in [-0.4, -0.2) is 51.2 Å². The zero-order valence-electron chi connectivity index (χ0n) is 16.4. The molecular weight excluding hydrogens is 358 g/mol. The lowest BCUT2D eigenvalue weighted by Crippen LogP contribution is -2.29. The van der Waals surface area contributed by atoms with E-state index in [9.17, 15) is 9.59 Å². The van der Waals surface area contributed by atoms with Crippen molar-refractivity contribution in [3.63, 3.8) is 0 Å². The van der Waals surface area contributed by atoms with Gasteiger partial charge in [0.2, 0.25) is 0 Å². The highest BCUT2D eigenvalue weighted by molar-refractivity contribution is 5.96. The number of likely N-dealkylation sites (tertiary alicyclic amines) is 1. The van der Waals surface area contributed by atoms with Crippen LogP contribution in [0.15, 0.2) is 42.5 Å². The van der Waals surface area contributed by atoms with Crippen LogP contribution in [0.25, 0.3) is 0 Å². The van der Waals surface area contributed by atoms with Gasteiger partial charge in [0.05, 0.1) is 26.9 Å². The van der Waals surface area contributed by atoms with Crippen molar-refractivity contribution in [2.75, 3.05) is 34.4 Å². The third-order valence-corrected chi connectivity index (χ3v) is 5.10. The quantitative estimate of drug-likeness (QED) is 0.717. The van der Waals surface area contributed by atoms with Gasteiger partial charge in [0.15, 0.2) is 11.5 Å². The van der Waals surface area contributed by atoms with Gasteiger partial charge in [-0.1, -0.05) is 6.07 Å². The first-order chi connectivity index (χ1) is 13.5. The summed E-state index contributed by atoms with van der Waals surface area (Å²) in [5, 5.41) is 0. The number of hydrogen-bond acceptors (Lipinski definition) is 5. The van der Waals surface area contributed by atoms with Crippen molar-refractivity contribution in [2.24, 2.45) is 5.92 Å². The summed E-state index contributed by atoms with van der Waals surface area (Å²) in [6.07, 6.45) is 1.84. The van der Waals surface area contributed by atoms with E-state index < -0.39 is 5.97 Å². The molecule has 3 rings (SSSR count). The number of benzene rings is 2. The summed E-state index contributed by atoms with van der Waals surface area (Å²) in [4.78, 5) is 26.1. The molecule has 1 atom stereocenters. The summed E-state index contributed by atoms with van der Waals surface area (Å²) in [7, 11) is 4.59. The number of amides is 1. The third-order valence-electron chi connectivity index (χ3n) is 5.10. The first-order valence-electron chi connectivity index (χ1n) is 9.24. The highest BCUT2D eigenvalue weighted by Crippen LogP contribution is 2.30. The SMILES string of the molecule is COC(=O)c1ccc(C(=O)N2CCC(Cc3ccc(OC)c(OC)c3)C2)cc1. The molecule has 1 amide bonds. The summed E-state index contributed by atoms with van der Waals surface area (Å²) in [5.41, 5.74) is 2.19. The number of nitrogens with zero attached hydrogens (tertiary/aromatic N) is 1. The van der Waals surface area contributed by atoms with Crippen molar-refractivity contribution in [3.8, 4) is 11.5 Å². The second kappa shape index (κ2) is 8.78. The molecule has 0 spiro atoms.